The Balaban J connectivity index is 0.00000144. The molecule has 2 heterocycles. The van der Waals surface area contributed by atoms with E-state index in [-0.39, 0.29) is 18.4 Å². The summed E-state index contributed by atoms with van der Waals surface area (Å²) in [6.07, 6.45) is 0.736. The summed E-state index contributed by atoms with van der Waals surface area (Å²) in [6, 6.07) is 18.6. The highest BCUT2D eigenvalue weighted by Crippen LogP contribution is 2.38. The number of hydrogen-bond acceptors (Lipinski definition) is 5. The Hall–Kier alpha value is -2.11. The minimum absolute atomic E-state index is 0. The van der Waals surface area contributed by atoms with E-state index < -0.39 is 0 Å². The van der Waals surface area contributed by atoms with Crippen LogP contribution < -0.4 is 10.7 Å². The van der Waals surface area contributed by atoms with Crippen molar-refractivity contribution in [1.29, 1.82) is 0 Å². The molecule has 0 spiro atoms. The van der Waals surface area contributed by atoms with Gasteiger partial charge in [0.1, 0.15) is 5.84 Å². The summed E-state index contributed by atoms with van der Waals surface area (Å²) in [6.45, 7) is 0. The molecule has 1 aliphatic heterocycles. The van der Waals surface area contributed by atoms with Crippen LogP contribution in [0.3, 0.4) is 0 Å². The topological polar surface area (TPSA) is 54.5 Å². The maximum absolute atomic E-state index is 5.97. The second-order valence-corrected chi connectivity index (χ2v) is 6.04. The average molecular weight is 331 g/mol. The number of nitrogens with zero attached hydrogens (tertiary/aromatic N) is 3. The second-order valence-electron chi connectivity index (χ2n) is 5.03. The van der Waals surface area contributed by atoms with Crippen LogP contribution in [0.5, 0.6) is 0 Å². The molecule has 6 heteroatoms. The van der Waals surface area contributed by atoms with Gasteiger partial charge in [0.25, 0.3) is 0 Å². The molecule has 3 aromatic rings. The maximum Gasteiger partial charge on any atom is 0.207 e. The van der Waals surface area contributed by atoms with Gasteiger partial charge in [-0.15, -0.1) is 12.4 Å². The molecule has 4 nitrogen and oxygen atoms in total. The molecule has 0 radical (unpaired) electrons. The molecule has 0 saturated heterocycles. The number of amidine groups is 1. The maximum atomic E-state index is 5.97. The second kappa shape index (κ2) is 5.94. The number of para-hydroxylation sites is 1. The van der Waals surface area contributed by atoms with Crippen LogP contribution in [0, 0.1) is 0 Å². The highest BCUT2D eigenvalue weighted by Gasteiger charge is 2.29. The van der Waals surface area contributed by atoms with E-state index >= 15 is 0 Å². The molecule has 1 atom stereocenters. The summed E-state index contributed by atoms with van der Waals surface area (Å²) in [7, 11) is 0. The lowest BCUT2D eigenvalue weighted by atomic mass is 10.0. The van der Waals surface area contributed by atoms with E-state index in [9.17, 15) is 0 Å². The minimum Gasteiger partial charge on any atom is -0.386 e. The molecule has 1 aliphatic rings. The number of rotatable bonds is 2. The minimum atomic E-state index is 0. The number of halogens is 1. The van der Waals surface area contributed by atoms with E-state index in [4.69, 9.17) is 5.73 Å². The molecule has 0 aliphatic carbocycles. The van der Waals surface area contributed by atoms with E-state index in [2.05, 4.69) is 28.3 Å². The molecular weight excluding hydrogens is 316 g/mol. The van der Waals surface area contributed by atoms with Gasteiger partial charge in [-0.1, -0.05) is 53.8 Å². The SMILES string of the molecule is Cl.NC1=NN(c2nc3ccccc3s2)C(c2ccccc2)C1. The fourth-order valence-electron chi connectivity index (χ4n) is 2.60. The predicted octanol–water partition coefficient (Wildman–Crippen LogP) is 3.94. The molecule has 0 fully saturated rings. The highest BCUT2D eigenvalue weighted by molar-refractivity contribution is 7.22. The molecular formula is C16H15ClN4S. The molecule has 22 heavy (non-hydrogen) atoms. The number of nitrogens with two attached hydrogens (primary N) is 1. The first kappa shape index (κ1) is 14.8. The third-order valence-corrected chi connectivity index (χ3v) is 4.62. The van der Waals surface area contributed by atoms with Crippen molar-refractivity contribution in [2.24, 2.45) is 10.8 Å². The smallest absolute Gasteiger partial charge is 0.207 e. The number of fused-ring (bicyclic) bond motifs is 1. The number of anilines is 1. The Kier molecular flexibility index (Phi) is 4.00. The van der Waals surface area contributed by atoms with Crippen LogP contribution in [0.25, 0.3) is 10.2 Å². The van der Waals surface area contributed by atoms with Crippen LogP contribution in [-0.4, -0.2) is 10.8 Å². The molecule has 1 aromatic heterocycles. The van der Waals surface area contributed by atoms with E-state index in [1.807, 2.05) is 41.4 Å². The van der Waals surface area contributed by atoms with Crippen molar-refractivity contribution < 1.29 is 0 Å². The van der Waals surface area contributed by atoms with Crippen LogP contribution in [0.1, 0.15) is 18.0 Å². The fourth-order valence-corrected chi connectivity index (χ4v) is 3.57. The van der Waals surface area contributed by atoms with Crippen molar-refractivity contribution in [3.8, 4) is 0 Å². The Morgan fingerprint density at radius 1 is 1.05 bits per heavy atom. The van der Waals surface area contributed by atoms with Gasteiger partial charge in [0, 0.05) is 6.42 Å². The lowest BCUT2D eigenvalue weighted by Crippen LogP contribution is -2.18. The zero-order valence-corrected chi connectivity index (χ0v) is 13.3. The van der Waals surface area contributed by atoms with Crippen molar-refractivity contribution in [1.82, 2.24) is 4.98 Å². The normalized spacial score (nSPS) is 17.4. The van der Waals surface area contributed by atoms with E-state index in [1.165, 1.54) is 10.3 Å². The number of hydrogen-bond donors (Lipinski definition) is 1. The quantitative estimate of drug-likeness (QED) is 0.774. The van der Waals surface area contributed by atoms with Gasteiger partial charge >= 0.3 is 0 Å². The Bertz CT molecular complexity index is 782. The summed E-state index contributed by atoms with van der Waals surface area (Å²) < 4.78 is 1.17. The summed E-state index contributed by atoms with van der Waals surface area (Å²) >= 11 is 1.65. The number of benzene rings is 2. The highest BCUT2D eigenvalue weighted by atomic mass is 35.5. The molecule has 0 saturated carbocycles. The Morgan fingerprint density at radius 3 is 2.55 bits per heavy atom. The summed E-state index contributed by atoms with van der Waals surface area (Å²) in [5.74, 6) is 0.656. The van der Waals surface area contributed by atoms with Crippen molar-refractivity contribution in [3.63, 3.8) is 0 Å². The zero-order valence-electron chi connectivity index (χ0n) is 11.7. The number of thiazole rings is 1. The molecule has 2 N–H and O–H groups in total. The largest absolute Gasteiger partial charge is 0.386 e. The van der Waals surface area contributed by atoms with Crippen LogP contribution in [0.15, 0.2) is 59.7 Å². The van der Waals surface area contributed by atoms with Gasteiger partial charge in [0.15, 0.2) is 0 Å². The van der Waals surface area contributed by atoms with Crippen LogP contribution in [0.2, 0.25) is 0 Å². The fraction of sp³-hybridized carbons (Fsp3) is 0.125. The number of aromatic nitrogens is 1. The van der Waals surface area contributed by atoms with Gasteiger partial charge in [0.2, 0.25) is 5.13 Å². The van der Waals surface area contributed by atoms with E-state index in [0.29, 0.717) is 5.84 Å². The van der Waals surface area contributed by atoms with Crippen LogP contribution >= 0.6 is 23.7 Å². The van der Waals surface area contributed by atoms with Crippen molar-refractivity contribution >= 4 is 44.9 Å². The lowest BCUT2D eigenvalue weighted by Gasteiger charge is -2.20. The van der Waals surface area contributed by atoms with Crippen LogP contribution in [-0.2, 0) is 0 Å². The Morgan fingerprint density at radius 2 is 1.77 bits per heavy atom. The van der Waals surface area contributed by atoms with Crippen LogP contribution in [0.4, 0.5) is 5.13 Å². The molecule has 112 valence electrons. The van der Waals surface area contributed by atoms with Gasteiger partial charge in [0.05, 0.1) is 16.3 Å². The number of hydrazone groups is 1. The van der Waals surface area contributed by atoms with Crippen molar-refractivity contribution in [2.45, 2.75) is 12.5 Å². The third kappa shape index (κ3) is 2.53. The summed E-state index contributed by atoms with van der Waals surface area (Å²) in [4.78, 5) is 4.69. The van der Waals surface area contributed by atoms with Crippen molar-refractivity contribution in [2.75, 3.05) is 5.01 Å². The molecule has 2 aromatic carbocycles. The van der Waals surface area contributed by atoms with Gasteiger partial charge in [-0.2, -0.15) is 5.10 Å². The standard InChI is InChI=1S/C16H14N4S.ClH/c17-15-10-13(11-6-2-1-3-7-11)20(19-15)16-18-12-8-4-5-9-14(12)21-16;/h1-9,13H,10H2,(H2,17,19);1H. The van der Waals surface area contributed by atoms with Gasteiger partial charge < -0.3 is 5.73 Å². The average Bonchev–Trinajstić information content (AvgIpc) is 3.11. The molecule has 1 unspecified atom stereocenters. The first-order chi connectivity index (χ1) is 10.3. The van der Waals surface area contributed by atoms with E-state index in [0.717, 1.165) is 17.1 Å². The summed E-state index contributed by atoms with van der Waals surface area (Å²) in [5.41, 5.74) is 8.18. The van der Waals surface area contributed by atoms with Gasteiger partial charge in [-0.25, -0.2) is 9.99 Å². The molecule has 0 bridgehead atoms. The predicted molar refractivity (Wildman–Crippen MR) is 94.8 cm³/mol. The molecule has 0 amide bonds. The third-order valence-electron chi connectivity index (χ3n) is 3.60. The van der Waals surface area contributed by atoms with Crippen molar-refractivity contribution in [3.05, 3.63) is 60.2 Å². The van der Waals surface area contributed by atoms with Gasteiger partial charge in [-0.3, -0.25) is 0 Å². The first-order valence-corrected chi connectivity index (χ1v) is 7.65. The first-order valence-electron chi connectivity index (χ1n) is 6.84. The lowest BCUT2D eigenvalue weighted by molar-refractivity contribution is 0.707. The van der Waals surface area contributed by atoms with E-state index in [1.54, 1.807) is 11.3 Å². The Labute approximate surface area is 138 Å². The molecule has 4 rings (SSSR count). The summed E-state index contributed by atoms with van der Waals surface area (Å²) in [5, 5.41) is 7.34. The zero-order chi connectivity index (χ0) is 14.2. The monoisotopic (exact) mass is 330 g/mol. The van der Waals surface area contributed by atoms with Gasteiger partial charge in [-0.05, 0) is 17.7 Å².